The van der Waals surface area contributed by atoms with E-state index < -0.39 is 36.2 Å². The highest BCUT2D eigenvalue weighted by molar-refractivity contribution is 5.88. The summed E-state index contributed by atoms with van der Waals surface area (Å²) in [4.78, 5) is 39.2. The van der Waals surface area contributed by atoms with Gasteiger partial charge < -0.3 is 34.9 Å². The first-order chi connectivity index (χ1) is 19.0. The van der Waals surface area contributed by atoms with Gasteiger partial charge in [-0.3, -0.25) is 4.79 Å². The third kappa shape index (κ3) is 10.7. The normalized spacial score (nSPS) is 13.1. The van der Waals surface area contributed by atoms with Gasteiger partial charge in [0, 0.05) is 26.3 Å². The van der Waals surface area contributed by atoms with Crippen LogP contribution in [0.2, 0.25) is 0 Å². The summed E-state index contributed by atoms with van der Waals surface area (Å²) in [5.41, 5.74) is 0.332. The van der Waals surface area contributed by atoms with Crippen LogP contribution in [0.5, 0.6) is 0 Å². The predicted octanol–water partition coefficient (Wildman–Crippen LogP) is 5.29. The molecule has 0 aliphatic carbocycles. The van der Waals surface area contributed by atoms with Gasteiger partial charge >= 0.3 is 12.2 Å². The van der Waals surface area contributed by atoms with E-state index in [1.54, 1.807) is 25.7 Å². The van der Waals surface area contributed by atoms with Crippen LogP contribution in [0.3, 0.4) is 0 Å². The Bertz CT molecular complexity index is 1090. The Morgan fingerprint density at radius 1 is 0.975 bits per heavy atom. The lowest BCUT2D eigenvalue weighted by atomic mass is 10.0. The molecule has 10 heteroatoms. The second kappa shape index (κ2) is 16.0. The number of ether oxygens (including phenoxy) is 3. The molecule has 0 saturated heterocycles. The third-order valence-corrected chi connectivity index (χ3v) is 6.23. The molecule has 0 saturated carbocycles. The van der Waals surface area contributed by atoms with Gasteiger partial charge in [-0.1, -0.05) is 42.5 Å². The molecule has 2 rings (SSSR count). The van der Waals surface area contributed by atoms with Gasteiger partial charge in [-0.25, -0.2) is 9.59 Å². The topological polar surface area (TPSA) is 126 Å². The van der Waals surface area contributed by atoms with E-state index in [0.29, 0.717) is 32.6 Å². The van der Waals surface area contributed by atoms with E-state index in [4.69, 9.17) is 14.2 Å². The number of nitrogens with zero attached hydrogens (tertiary/aromatic N) is 1. The van der Waals surface area contributed by atoms with Gasteiger partial charge in [0.25, 0.3) is 0 Å². The molecule has 0 aliphatic rings. The van der Waals surface area contributed by atoms with Crippen LogP contribution in [-0.2, 0) is 25.5 Å². The van der Waals surface area contributed by atoms with Crippen molar-refractivity contribution in [1.82, 2.24) is 15.5 Å². The number of carboxylic acid groups (broad SMARTS) is 1. The summed E-state index contributed by atoms with van der Waals surface area (Å²) in [6.45, 7) is 12.3. The molecule has 2 atom stereocenters. The molecule has 0 fully saturated rings. The summed E-state index contributed by atoms with van der Waals surface area (Å²) >= 11 is 0. The summed E-state index contributed by atoms with van der Waals surface area (Å²) in [6.07, 6.45) is -1.18. The number of nitrogens with one attached hydrogen (secondary N) is 2. The van der Waals surface area contributed by atoms with Crippen LogP contribution in [0.1, 0.15) is 66.4 Å². The molecule has 0 aliphatic heterocycles. The number of carbonyl (C=O) groups excluding carboxylic acids is 2. The Labute approximate surface area is 237 Å². The van der Waals surface area contributed by atoms with E-state index in [1.165, 1.54) is 0 Å². The highest BCUT2D eigenvalue weighted by atomic mass is 16.7. The molecule has 0 heterocycles. The first-order valence-electron chi connectivity index (χ1n) is 13.9. The Morgan fingerprint density at radius 2 is 1.62 bits per heavy atom. The summed E-state index contributed by atoms with van der Waals surface area (Å²) in [5, 5.41) is 16.7. The standard InChI is InChI=1S/C30H45N3O7/c1-7-38-27(39-8-2)21(3)33(20-23-16-13-15-22-14-9-10-17-24(22)23)26(34)25(32-28(35)36)18-11-12-19-31-29(37)40-30(4,5)6/h9-10,13-17,21,25,27,32H,7-8,11-12,18-20H2,1-6H3,(H,31,37)(H,35,36)/t21-,25-/m0/s1. The van der Waals surface area contributed by atoms with Crippen molar-refractivity contribution in [3.63, 3.8) is 0 Å². The molecule has 3 N–H and O–H groups in total. The molecule has 2 aromatic carbocycles. The number of rotatable bonds is 15. The maximum Gasteiger partial charge on any atom is 0.407 e. The van der Waals surface area contributed by atoms with Crippen LogP contribution < -0.4 is 10.6 Å². The van der Waals surface area contributed by atoms with E-state index in [1.807, 2.05) is 63.2 Å². The van der Waals surface area contributed by atoms with Crippen LogP contribution in [0.25, 0.3) is 10.8 Å². The smallest absolute Gasteiger partial charge is 0.407 e. The van der Waals surface area contributed by atoms with Gasteiger partial charge in [-0.05, 0) is 77.1 Å². The first-order valence-corrected chi connectivity index (χ1v) is 13.9. The Hall–Kier alpha value is -3.37. The summed E-state index contributed by atoms with van der Waals surface area (Å²) in [6, 6.07) is 12.4. The van der Waals surface area contributed by atoms with Crippen molar-refractivity contribution in [2.75, 3.05) is 19.8 Å². The molecule has 10 nitrogen and oxygen atoms in total. The fourth-order valence-corrected chi connectivity index (χ4v) is 4.42. The number of alkyl carbamates (subject to hydrolysis) is 1. The molecule has 0 spiro atoms. The average molecular weight is 560 g/mol. The Balaban J connectivity index is 2.25. The van der Waals surface area contributed by atoms with Crippen molar-refractivity contribution in [2.45, 2.75) is 91.3 Å². The van der Waals surface area contributed by atoms with Gasteiger partial charge in [0.2, 0.25) is 5.91 Å². The number of fused-ring (bicyclic) bond motifs is 1. The quantitative estimate of drug-likeness (QED) is 0.200. The van der Waals surface area contributed by atoms with Gasteiger partial charge in [0.15, 0.2) is 6.29 Å². The fraction of sp³-hybridized carbons (Fsp3) is 0.567. The molecular weight excluding hydrogens is 514 g/mol. The Kier molecular flexibility index (Phi) is 13.2. The molecule has 222 valence electrons. The number of hydrogen-bond acceptors (Lipinski definition) is 6. The van der Waals surface area contributed by atoms with Crippen molar-refractivity contribution in [1.29, 1.82) is 0 Å². The van der Waals surface area contributed by atoms with Crippen molar-refractivity contribution >= 4 is 28.9 Å². The van der Waals surface area contributed by atoms with E-state index in [2.05, 4.69) is 10.6 Å². The first kappa shape index (κ1) is 32.8. The summed E-state index contributed by atoms with van der Waals surface area (Å²) in [7, 11) is 0. The van der Waals surface area contributed by atoms with E-state index in [-0.39, 0.29) is 18.9 Å². The van der Waals surface area contributed by atoms with Gasteiger partial charge in [0.05, 0.1) is 6.04 Å². The predicted molar refractivity (Wildman–Crippen MR) is 154 cm³/mol. The van der Waals surface area contributed by atoms with E-state index in [0.717, 1.165) is 16.3 Å². The van der Waals surface area contributed by atoms with Crippen molar-refractivity contribution in [2.24, 2.45) is 0 Å². The molecule has 0 radical (unpaired) electrons. The highest BCUT2D eigenvalue weighted by Gasteiger charge is 2.33. The van der Waals surface area contributed by atoms with Crippen LogP contribution in [-0.4, -0.2) is 71.8 Å². The monoisotopic (exact) mass is 559 g/mol. The zero-order valence-electron chi connectivity index (χ0n) is 24.6. The molecule has 0 aromatic heterocycles. The summed E-state index contributed by atoms with van der Waals surface area (Å²) < 4.78 is 16.9. The second-order valence-electron chi connectivity index (χ2n) is 10.6. The molecule has 3 amide bonds. The largest absolute Gasteiger partial charge is 0.465 e. The minimum Gasteiger partial charge on any atom is -0.465 e. The Morgan fingerprint density at radius 3 is 2.25 bits per heavy atom. The lowest BCUT2D eigenvalue weighted by molar-refractivity contribution is -0.179. The molecule has 40 heavy (non-hydrogen) atoms. The van der Waals surface area contributed by atoms with Crippen LogP contribution in [0.4, 0.5) is 9.59 Å². The molecule has 0 unspecified atom stereocenters. The molecule has 0 bridgehead atoms. The summed E-state index contributed by atoms with van der Waals surface area (Å²) in [5.74, 6) is -0.368. The fourth-order valence-electron chi connectivity index (χ4n) is 4.42. The van der Waals surface area contributed by atoms with Crippen LogP contribution in [0, 0.1) is 0 Å². The zero-order valence-corrected chi connectivity index (χ0v) is 24.6. The van der Waals surface area contributed by atoms with E-state index >= 15 is 0 Å². The lowest BCUT2D eigenvalue weighted by Crippen LogP contribution is -2.54. The molecule has 2 aromatic rings. The van der Waals surface area contributed by atoms with Crippen molar-refractivity contribution < 1.29 is 33.7 Å². The van der Waals surface area contributed by atoms with Gasteiger partial charge in [0.1, 0.15) is 11.6 Å². The minimum absolute atomic E-state index is 0.246. The minimum atomic E-state index is -1.28. The number of hydrogen-bond donors (Lipinski definition) is 3. The van der Waals surface area contributed by atoms with Crippen LogP contribution in [0.15, 0.2) is 42.5 Å². The van der Waals surface area contributed by atoms with Crippen molar-refractivity contribution in [3.05, 3.63) is 48.0 Å². The number of amides is 3. The van der Waals surface area contributed by atoms with Gasteiger partial charge in [-0.15, -0.1) is 0 Å². The maximum absolute atomic E-state index is 14.0. The SMILES string of the molecule is CCOC(OCC)[C@H](C)N(Cc1cccc2ccccc12)C(=O)[C@H](CCCCNC(=O)OC(C)(C)C)NC(=O)O. The number of benzene rings is 2. The lowest BCUT2D eigenvalue weighted by Gasteiger charge is -2.36. The van der Waals surface area contributed by atoms with E-state index in [9.17, 15) is 19.5 Å². The molecular formula is C30H45N3O7. The zero-order chi connectivity index (χ0) is 29.7. The highest BCUT2D eigenvalue weighted by Crippen LogP contribution is 2.23. The average Bonchev–Trinajstić information content (AvgIpc) is 2.89. The second-order valence-corrected chi connectivity index (χ2v) is 10.6. The van der Waals surface area contributed by atoms with Gasteiger partial charge in [-0.2, -0.15) is 0 Å². The maximum atomic E-state index is 14.0. The number of carbonyl (C=O) groups is 3. The third-order valence-electron chi connectivity index (χ3n) is 6.23. The van der Waals surface area contributed by atoms with Crippen molar-refractivity contribution in [3.8, 4) is 0 Å². The number of unbranched alkanes of at least 4 members (excludes halogenated alkanes) is 1. The van der Waals surface area contributed by atoms with Crippen LogP contribution >= 0.6 is 0 Å².